The van der Waals surface area contributed by atoms with Crippen LogP contribution in [0.4, 0.5) is 0 Å². The molecule has 1 aromatic heterocycles. The van der Waals surface area contributed by atoms with Gasteiger partial charge < -0.3 is 14.1 Å². The monoisotopic (exact) mass is 270 g/mol. The number of hydrogen-bond donors (Lipinski definition) is 1. The molecule has 0 aromatic carbocycles. The van der Waals surface area contributed by atoms with E-state index >= 15 is 0 Å². The fraction of sp³-hybridized carbons (Fsp3) is 0.667. The number of aliphatic carboxylic acids is 1. The van der Waals surface area contributed by atoms with Gasteiger partial charge in [-0.1, -0.05) is 20.8 Å². The summed E-state index contributed by atoms with van der Waals surface area (Å²) in [5.41, 5.74) is 0. The predicted molar refractivity (Wildman–Crippen MR) is 71.8 cm³/mol. The van der Waals surface area contributed by atoms with Crippen LogP contribution in [0.25, 0.3) is 0 Å². The van der Waals surface area contributed by atoms with Crippen LogP contribution in [-0.4, -0.2) is 28.9 Å². The Morgan fingerprint density at radius 3 is 2.61 bits per heavy atom. The van der Waals surface area contributed by atoms with Crippen molar-refractivity contribution in [1.29, 1.82) is 0 Å². The minimum Gasteiger partial charge on any atom is -0.480 e. The summed E-state index contributed by atoms with van der Waals surface area (Å²) >= 11 is 0. The third-order valence-electron chi connectivity index (χ3n) is 3.48. The van der Waals surface area contributed by atoms with Crippen LogP contribution >= 0.6 is 0 Å². The Hall–Kier alpha value is -1.14. The lowest BCUT2D eigenvalue weighted by Gasteiger charge is -2.36. The molecule has 0 radical (unpaired) electrons. The Morgan fingerprint density at radius 1 is 1.50 bits per heavy atom. The van der Waals surface area contributed by atoms with Gasteiger partial charge in [-0.3, -0.25) is 4.79 Å². The molecule has 1 heterocycles. The Morgan fingerprint density at radius 2 is 2.11 bits per heavy atom. The van der Waals surface area contributed by atoms with Crippen molar-refractivity contribution in [1.82, 2.24) is 9.55 Å². The van der Waals surface area contributed by atoms with Crippen molar-refractivity contribution in [2.24, 2.45) is 0 Å². The molecule has 5 nitrogen and oxygen atoms in total. The van der Waals surface area contributed by atoms with Gasteiger partial charge in [0.15, 0.2) is 8.32 Å². The molecule has 0 aliphatic heterocycles. The third kappa shape index (κ3) is 3.68. The molecule has 0 aliphatic carbocycles. The van der Waals surface area contributed by atoms with E-state index in [0.29, 0.717) is 12.4 Å². The van der Waals surface area contributed by atoms with Gasteiger partial charge in [-0.2, -0.15) is 0 Å². The zero-order chi connectivity index (χ0) is 14.0. The summed E-state index contributed by atoms with van der Waals surface area (Å²) in [5, 5.41) is 8.92. The van der Waals surface area contributed by atoms with Crippen LogP contribution < -0.4 is 0 Å². The highest BCUT2D eigenvalue weighted by molar-refractivity contribution is 6.74. The number of hydrogen-bond acceptors (Lipinski definition) is 3. The lowest BCUT2D eigenvalue weighted by molar-refractivity contribution is -0.137. The number of aromatic nitrogens is 2. The second kappa shape index (κ2) is 5.24. The van der Waals surface area contributed by atoms with Crippen LogP contribution in [0, 0.1) is 0 Å². The number of imidazole rings is 1. The second-order valence-corrected chi connectivity index (χ2v) is 10.7. The standard InChI is InChI=1S/C12H22N2O3Si/c1-12(2,3)18(4,5)17-9-10-13-6-7-14(10)8-11(15)16/h6-7H,8-9H2,1-5H3,(H,15,16). The molecular weight excluding hydrogens is 248 g/mol. The summed E-state index contributed by atoms with van der Waals surface area (Å²) in [4.78, 5) is 14.8. The maximum atomic E-state index is 10.7. The van der Waals surface area contributed by atoms with E-state index < -0.39 is 14.3 Å². The molecule has 6 heteroatoms. The van der Waals surface area contributed by atoms with Crippen molar-refractivity contribution < 1.29 is 14.3 Å². The normalized spacial score (nSPS) is 12.7. The Kier molecular flexibility index (Phi) is 4.34. The molecular formula is C12H22N2O3Si. The fourth-order valence-electron chi connectivity index (χ4n) is 1.23. The Bertz CT molecular complexity index is 421. The number of rotatable bonds is 5. The lowest BCUT2D eigenvalue weighted by atomic mass is 10.2. The van der Waals surface area contributed by atoms with Crippen LogP contribution in [0.3, 0.4) is 0 Å². The molecule has 0 fully saturated rings. The molecule has 1 N–H and O–H groups in total. The average molecular weight is 270 g/mol. The third-order valence-corrected chi connectivity index (χ3v) is 7.95. The first-order chi connectivity index (χ1) is 8.13. The molecule has 0 bridgehead atoms. The zero-order valence-corrected chi connectivity index (χ0v) is 12.7. The highest BCUT2D eigenvalue weighted by atomic mass is 28.4. The van der Waals surface area contributed by atoms with Gasteiger partial charge in [-0.25, -0.2) is 4.98 Å². The average Bonchev–Trinajstić information content (AvgIpc) is 2.59. The molecule has 102 valence electrons. The van der Waals surface area contributed by atoms with Crippen LogP contribution in [-0.2, 0) is 22.4 Å². The van der Waals surface area contributed by atoms with E-state index in [4.69, 9.17) is 9.53 Å². The van der Waals surface area contributed by atoms with Gasteiger partial charge in [0.25, 0.3) is 0 Å². The highest BCUT2D eigenvalue weighted by Gasteiger charge is 2.37. The molecule has 0 amide bonds. The second-order valence-electron chi connectivity index (χ2n) is 5.91. The molecule has 18 heavy (non-hydrogen) atoms. The van der Waals surface area contributed by atoms with Gasteiger partial charge in [-0.15, -0.1) is 0 Å². The van der Waals surface area contributed by atoms with Gasteiger partial charge in [0.2, 0.25) is 0 Å². The number of carbonyl (C=O) groups is 1. The molecule has 1 rings (SSSR count). The fourth-order valence-corrected chi connectivity index (χ4v) is 2.15. The summed E-state index contributed by atoms with van der Waals surface area (Å²) in [7, 11) is -1.82. The molecule has 0 spiro atoms. The summed E-state index contributed by atoms with van der Waals surface area (Å²) in [6.45, 7) is 11.1. The van der Waals surface area contributed by atoms with Crippen molar-refractivity contribution in [3.05, 3.63) is 18.2 Å². The molecule has 1 aromatic rings. The van der Waals surface area contributed by atoms with Crippen molar-refractivity contribution in [3.63, 3.8) is 0 Å². The minimum absolute atomic E-state index is 0.0732. The highest BCUT2D eigenvalue weighted by Crippen LogP contribution is 2.36. The largest absolute Gasteiger partial charge is 0.480 e. The van der Waals surface area contributed by atoms with Crippen LogP contribution in [0.15, 0.2) is 12.4 Å². The van der Waals surface area contributed by atoms with Crippen LogP contribution in [0.1, 0.15) is 26.6 Å². The van der Waals surface area contributed by atoms with E-state index in [-0.39, 0.29) is 11.6 Å². The van der Waals surface area contributed by atoms with E-state index in [0.717, 1.165) is 0 Å². The van der Waals surface area contributed by atoms with E-state index in [1.165, 1.54) is 0 Å². The molecule has 0 aliphatic rings. The van der Waals surface area contributed by atoms with Crippen molar-refractivity contribution in [3.8, 4) is 0 Å². The predicted octanol–water partition coefficient (Wildman–Crippen LogP) is 2.49. The molecule has 0 saturated carbocycles. The minimum atomic E-state index is -1.82. The van der Waals surface area contributed by atoms with Gasteiger partial charge in [-0.05, 0) is 18.1 Å². The number of carboxylic acids is 1. The van der Waals surface area contributed by atoms with Crippen molar-refractivity contribution in [2.75, 3.05) is 0 Å². The zero-order valence-electron chi connectivity index (χ0n) is 11.7. The van der Waals surface area contributed by atoms with E-state index in [9.17, 15) is 4.79 Å². The van der Waals surface area contributed by atoms with E-state index in [2.05, 4.69) is 38.8 Å². The topological polar surface area (TPSA) is 64.4 Å². The van der Waals surface area contributed by atoms with Crippen LogP contribution in [0.5, 0.6) is 0 Å². The first-order valence-corrected chi connectivity index (χ1v) is 8.90. The summed E-state index contributed by atoms with van der Waals surface area (Å²) in [6.07, 6.45) is 3.27. The first kappa shape index (κ1) is 14.9. The van der Waals surface area contributed by atoms with Gasteiger partial charge in [0.05, 0.1) is 6.61 Å². The first-order valence-electron chi connectivity index (χ1n) is 5.99. The summed E-state index contributed by atoms with van der Waals surface area (Å²) in [6, 6.07) is 0. The quantitative estimate of drug-likeness (QED) is 0.835. The van der Waals surface area contributed by atoms with Gasteiger partial charge >= 0.3 is 5.97 Å². The van der Waals surface area contributed by atoms with Gasteiger partial charge in [0, 0.05) is 12.4 Å². The van der Waals surface area contributed by atoms with Crippen LogP contribution in [0.2, 0.25) is 18.1 Å². The summed E-state index contributed by atoms with van der Waals surface area (Å²) in [5.74, 6) is -0.205. The molecule has 0 unspecified atom stereocenters. The van der Waals surface area contributed by atoms with Gasteiger partial charge in [0.1, 0.15) is 12.4 Å². The number of nitrogens with zero attached hydrogens (tertiary/aromatic N) is 2. The van der Waals surface area contributed by atoms with Crippen molar-refractivity contribution in [2.45, 2.75) is 52.1 Å². The maximum Gasteiger partial charge on any atom is 0.323 e. The van der Waals surface area contributed by atoms with E-state index in [1.54, 1.807) is 17.0 Å². The van der Waals surface area contributed by atoms with E-state index in [1.807, 2.05) is 0 Å². The Labute approximate surface area is 109 Å². The van der Waals surface area contributed by atoms with Crippen molar-refractivity contribution >= 4 is 14.3 Å². The lowest BCUT2D eigenvalue weighted by Crippen LogP contribution is -2.40. The maximum absolute atomic E-state index is 10.7. The Balaban J connectivity index is 2.70. The number of carboxylic acid groups (broad SMARTS) is 1. The molecule has 0 saturated heterocycles. The molecule has 0 atom stereocenters. The summed E-state index contributed by atoms with van der Waals surface area (Å²) < 4.78 is 7.63. The smallest absolute Gasteiger partial charge is 0.323 e. The SMILES string of the molecule is CC(C)(C)[Si](C)(C)OCc1nccn1CC(=O)O.